The Bertz CT molecular complexity index is 991. The number of amides is 1. The quantitative estimate of drug-likeness (QED) is 0.355. The van der Waals surface area contributed by atoms with Gasteiger partial charge in [-0.15, -0.1) is 0 Å². The Kier molecular flexibility index (Phi) is 9.80. The fourth-order valence-corrected chi connectivity index (χ4v) is 4.26. The Morgan fingerprint density at radius 2 is 1.94 bits per heavy atom. The van der Waals surface area contributed by atoms with Crippen molar-refractivity contribution in [3.8, 4) is 0 Å². The molecule has 6 heteroatoms. The molecule has 1 saturated heterocycles. The van der Waals surface area contributed by atoms with Crippen LogP contribution in [0.25, 0.3) is 5.57 Å². The summed E-state index contributed by atoms with van der Waals surface area (Å²) >= 11 is 0. The molecule has 0 spiro atoms. The molecule has 1 amide bonds. The Morgan fingerprint density at radius 1 is 1.26 bits per heavy atom. The van der Waals surface area contributed by atoms with Crippen LogP contribution in [0, 0.1) is 5.82 Å². The molecule has 0 saturated carbocycles. The predicted molar refractivity (Wildman–Crippen MR) is 139 cm³/mol. The molecule has 1 aliphatic rings. The maximum atomic E-state index is 14.8. The number of allylic oxidation sites excluding steroid dienone is 5. The second kappa shape index (κ2) is 12.1. The van der Waals surface area contributed by atoms with Crippen molar-refractivity contribution < 1.29 is 13.9 Å². The third-order valence-electron chi connectivity index (χ3n) is 6.44. The maximum absolute atomic E-state index is 14.8. The number of methoxy groups -OCH3 is 1. The van der Waals surface area contributed by atoms with Crippen LogP contribution in [0.2, 0.25) is 0 Å². The second-order valence-corrected chi connectivity index (χ2v) is 9.16. The van der Waals surface area contributed by atoms with Crippen LogP contribution >= 0.6 is 0 Å². The van der Waals surface area contributed by atoms with Crippen molar-refractivity contribution in [3.05, 3.63) is 65.3 Å². The lowest BCUT2D eigenvalue weighted by atomic mass is 9.92. The molecule has 1 aromatic rings. The van der Waals surface area contributed by atoms with Gasteiger partial charge in [-0.3, -0.25) is 9.79 Å². The first kappa shape index (κ1) is 27.5. The van der Waals surface area contributed by atoms with E-state index in [9.17, 15) is 9.18 Å². The summed E-state index contributed by atoms with van der Waals surface area (Å²) in [5.41, 5.74) is 3.27. The molecule has 1 fully saturated rings. The monoisotopic (exact) mass is 469 g/mol. The number of ether oxygens (including phenoxy) is 1. The lowest BCUT2D eigenvalue weighted by Gasteiger charge is -2.44. The van der Waals surface area contributed by atoms with Gasteiger partial charge >= 0.3 is 0 Å². The number of hydrogen-bond donors (Lipinski definition) is 0. The Morgan fingerprint density at radius 3 is 2.50 bits per heavy atom. The van der Waals surface area contributed by atoms with Crippen LogP contribution in [-0.4, -0.2) is 59.8 Å². The molecule has 0 N–H and O–H groups in total. The van der Waals surface area contributed by atoms with E-state index in [2.05, 4.69) is 30.7 Å². The zero-order chi connectivity index (χ0) is 25.5. The molecule has 0 radical (unpaired) electrons. The Hall–Kier alpha value is -2.73. The minimum absolute atomic E-state index is 0.00613. The number of nitrogens with zero attached hydrogens (tertiary/aromatic N) is 3. The summed E-state index contributed by atoms with van der Waals surface area (Å²) in [5, 5.41) is 0. The Labute approximate surface area is 204 Å². The van der Waals surface area contributed by atoms with Crippen molar-refractivity contribution in [2.45, 2.75) is 66.5 Å². The van der Waals surface area contributed by atoms with E-state index in [4.69, 9.17) is 4.74 Å². The lowest BCUT2D eigenvalue weighted by molar-refractivity contribution is -0.155. The summed E-state index contributed by atoms with van der Waals surface area (Å²) in [4.78, 5) is 21.8. The number of rotatable bonds is 8. The van der Waals surface area contributed by atoms with Crippen molar-refractivity contribution in [1.82, 2.24) is 9.80 Å². The highest BCUT2D eigenvalue weighted by Crippen LogP contribution is 2.31. The minimum Gasteiger partial charge on any atom is -0.371 e. The number of carbonyl (C=O) groups is 1. The van der Waals surface area contributed by atoms with E-state index in [1.807, 2.05) is 43.2 Å². The van der Waals surface area contributed by atoms with Gasteiger partial charge in [-0.25, -0.2) is 4.39 Å². The molecular weight excluding hydrogens is 429 g/mol. The SMILES string of the molecule is C\C=C(C(/C(C)=N/C=C/CC)=C(/C)N1CCN(C(=O)C(C)(C)OC)C(C)C1)\c1ccccc1F. The van der Waals surface area contributed by atoms with Gasteiger partial charge in [0.15, 0.2) is 0 Å². The molecule has 186 valence electrons. The van der Waals surface area contributed by atoms with Gasteiger partial charge in [0.1, 0.15) is 11.4 Å². The van der Waals surface area contributed by atoms with Crippen molar-refractivity contribution in [2.75, 3.05) is 26.7 Å². The van der Waals surface area contributed by atoms with Gasteiger partial charge < -0.3 is 14.5 Å². The van der Waals surface area contributed by atoms with Gasteiger partial charge in [0.2, 0.25) is 0 Å². The first-order valence-corrected chi connectivity index (χ1v) is 12.0. The van der Waals surface area contributed by atoms with Crippen LogP contribution in [0.1, 0.15) is 60.5 Å². The summed E-state index contributed by atoms with van der Waals surface area (Å²) in [6.45, 7) is 15.6. The van der Waals surface area contributed by atoms with Gasteiger partial charge in [-0.1, -0.05) is 37.3 Å². The highest BCUT2D eigenvalue weighted by atomic mass is 19.1. The van der Waals surface area contributed by atoms with Gasteiger partial charge in [-0.2, -0.15) is 0 Å². The highest BCUT2D eigenvalue weighted by Gasteiger charge is 2.37. The largest absolute Gasteiger partial charge is 0.371 e. The summed E-state index contributed by atoms with van der Waals surface area (Å²) in [7, 11) is 1.56. The zero-order valence-corrected chi connectivity index (χ0v) is 22.0. The van der Waals surface area contributed by atoms with E-state index in [0.717, 1.165) is 29.0 Å². The summed E-state index contributed by atoms with van der Waals surface area (Å²) < 4.78 is 20.2. The van der Waals surface area contributed by atoms with Crippen molar-refractivity contribution in [2.24, 2.45) is 4.99 Å². The summed E-state index contributed by atoms with van der Waals surface area (Å²) in [5.74, 6) is -0.268. The van der Waals surface area contributed by atoms with E-state index < -0.39 is 5.60 Å². The van der Waals surface area contributed by atoms with Crippen LogP contribution in [0.5, 0.6) is 0 Å². The average molecular weight is 470 g/mol. The van der Waals surface area contributed by atoms with Crippen LogP contribution < -0.4 is 0 Å². The smallest absolute Gasteiger partial charge is 0.254 e. The normalized spacial score (nSPS) is 19.0. The third-order valence-corrected chi connectivity index (χ3v) is 6.44. The molecule has 0 aliphatic carbocycles. The average Bonchev–Trinajstić information content (AvgIpc) is 2.82. The standard InChI is InChI=1S/C28H40FN3O2/c1-9-11-16-30-21(4)26(23(10-2)24-14-12-13-15-25(24)29)22(5)31-17-18-32(20(3)19-31)27(33)28(6,7)34-8/h10-16,20H,9,17-19H2,1-8H3/b16-11+,23-10-,26-22-,30-21+. The molecular formula is C28H40FN3O2. The number of hydrogen-bond acceptors (Lipinski definition) is 4. The van der Waals surface area contributed by atoms with Crippen LogP contribution in [0.15, 0.2) is 58.9 Å². The fraction of sp³-hybridized carbons (Fsp3) is 0.500. The summed E-state index contributed by atoms with van der Waals surface area (Å²) in [6, 6.07) is 6.85. The highest BCUT2D eigenvalue weighted by molar-refractivity contribution is 6.12. The van der Waals surface area contributed by atoms with E-state index in [-0.39, 0.29) is 17.8 Å². The molecule has 1 aromatic carbocycles. The van der Waals surface area contributed by atoms with E-state index >= 15 is 0 Å². The molecule has 1 atom stereocenters. The molecule has 34 heavy (non-hydrogen) atoms. The van der Waals surface area contributed by atoms with Crippen LogP contribution in [0.4, 0.5) is 4.39 Å². The van der Waals surface area contributed by atoms with Gasteiger partial charge in [0, 0.05) is 61.5 Å². The van der Waals surface area contributed by atoms with Gasteiger partial charge in [0.25, 0.3) is 5.91 Å². The molecule has 5 nitrogen and oxygen atoms in total. The lowest BCUT2D eigenvalue weighted by Crippen LogP contribution is -2.58. The minimum atomic E-state index is -0.857. The van der Waals surface area contributed by atoms with Crippen molar-refractivity contribution in [1.29, 1.82) is 0 Å². The second-order valence-electron chi connectivity index (χ2n) is 9.16. The topological polar surface area (TPSA) is 45.1 Å². The molecule has 0 bridgehead atoms. The van der Waals surface area contributed by atoms with Crippen LogP contribution in [-0.2, 0) is 9.53 Å². The molecule has 1 unspecified atom stereocenters. The maximum Gasteiger partial charge on any atom is 0.254 e. The number of carbonyl (C=O) groups excluding carboxylic acids is 1. The van der Waals surface area contributed by atoms with Gasteiger partial charge in [-0.05, 0) is 59.6 Å². The third kappa shape index (κ3) is 6.23. The number of aliphatic imine (C=N–C) groups is 1. The Balaban J connectivity index is 2.49. The van der Waals surface area contributed by atoms with E-state index in [1.165, 1.54) is 6.07 Å². The van der Waals surface area contributed by atoms with E-state index in [0.29, 0.717) is 25.2 Å². The number of benzene rings is 1. The summed E-state index contributed by atoms with van der Waals surface area (Å²) in [6.07, 6.45) is 6.65. The van der Waals surface area contributed by atoms with Crippen LogP contribution in [0.3, 0.4) is 0 Å². The first-order chi connectivity index (χ1) is 16.1. The molecule has 0 aromatic heterocycles. The van der Waals surface area contributed by atoms with Crippen molar-refractivity contribution >= 4 is 17.2 Å². The molecule has 2 rings (SSSR count). The number of piperazine rings is 1. The van der Waals surface area contributed by atoms with Crippen molar-refractivity contribution in [3.63, 3.8) is 0 Å². The van der Waals surface area contributed by atoms with Gasteiger partial charge in [0.05, 0.1) is 0 Å². The number of halogens is 1. The zero-order valence-electron chi connectivity index (χ0n) is 22.0. The fourth-order valence-electron chi connectivity index (χ4n) is 4.26. The predicted octanol–water partition coefficient (Wildman–Crippen LogP) is 5.85. The first-order valence-electron chi connectivity index (χ1n) is 12.0. The van der Waals surface area contributed by atoms with E-state index in [1.54, 1.807) is 33.1 Å². The molecule has 1 aliphatic heterocycles. The molecule has 1 heterocycles.